The van der Waals surface area contributed by atoms with Gasteiger partial charge in [-0.25, -0.2) is 4.79 Å². The standard InChI is InChI=1S/C11H11N3O3/c1-3-16-11(15)9-13-10(17-14-9)8-4-5-12-7(2)6-8/h4-6H,3H2,1-2H3. The topological polar surface area (TPSA) is 78.1 Å². The van der Waals surface area contributed by atoms with Crippen LogP contribution in [0.15, 0.2) is 22.9 Å². The van der Waals surface area contributed by atoms with Gasteiger partial charge in [0.15, 0.2) is 0 Å². The summed E-state index contributed by atoms with van der Waals surface area (Å²) in [5, 5.41) is 3.56. The first-order chi connectivity index (χ1) is 8.20. The normalized spacial score (nSPS) is 10.2. The summed E-state index contributed by atoms with van der Waals surface area (Å²) in [5.74, 6) is -0.386. The molecule has 88 valence electrons. The van der Waals surface area contributed by atoms with E-state index < -0.39 is 5.97 Å². The zero-order valence-electron chi connectivity index (χ0n) is 9.51. The van der Waals surface area contributed by atoms with Crippen LogP contribution < -0.4 is 0 Å². The molecule has 2 rings (SSSR count). The molecular formula is C11H11N3O3. The smallest absolute Gasteiger partial charge is 0.379 e. The van der Waals surface area contributed by atoms with Crippen LogP contribution in [0, 0.1) is 6.92 Å². The van der Waals surface area contributed by atoms with Gasteiger partial charge in [-0.3, -0.25) is 4.98 Å². The van der Waals surface area contributed by atoms with E-state index >= 15 is 0 Å². The van der Waals surface area contributed by atoms with Crippen LogP contribution in [0.4, 0.5) is 0 Å². The maximum Gasteiger partial charge on any atom is 0.379 e. The Hall–Kier alpha value is -2.24. The number of aromatic nitrogens is 3. The van der Waals surface area contributed by atoms with Crippen molar-refractivity contribution in [1.29, 1.82) is 0 Å². The van der Waals surface area contributed by atoms with Crippen LogP contribution in [0.25, 0.3) is 11.5 Å². The molecule has 0 aliphatic carbocycles. The van der Waals surface area contributed by atoms with Gasteiger partial charge in [0.05, 0.1) is 6.61 Å². The van der Waals surface area contributed by atoms with E-state index in [-0.39, 0.29) is 18.3 Å². The zero-order valence-corrected chi connectivity index (χ0v) is 9.51. The maximum atomic E-state index is 11.3. The van der Waals surface area contributed by atoms with E-state index in [1.54, 1.807) is 25.3 Å². The van der Waals surface area contributed by atoms with Gasteiger partial charge in [0, 0.05) is 17.5 Å². The molecule has 0 spiro atoms. The predicted octanol–water partition coefficient (Wildman–Crippen LogP) is 1.62. The monoisotopic (exact) mass is 233 g/mol. The van der Waals surface area contributed by atoms with Gasteiger partial charge in [-0.05, 0) is 31.1 Å². The number of hydrogen-bond donors (Lipinski definition) is 0. The van der Waals surface area contributed by atoms with Crippen molar-refractivity contribution >= 4 is 5.97 Å². The van der Waals surface area contributed by atoms with Crippen molar-refractivity contribution in [3.05, 3.63) is 29.8 Å². The quantitative estimate of drug-likeness (QED) is 0.749. The van der Waals surface area contributed by atoms with Crippen LogP contribution in [-0.2, 0) is 4.74 Å². The number of pyridine rings is 1. The van der Waals surface area contributed by atoms with Crippen LogP contribution in [0.5, 0.6) is 0 Å². The Bertz CT molecular complexity index is 536. The van der Waals surface area contributed by atoms with Gasteiger partial charge < -0.3 is 9.26 Å². The zero-order chi connectivity index (χ0) is 12.3. The largest absolute Gasteiger partial charge is 0.460 e. The summed E-state index contributed by atoms with van der Waals surface area (Å²) >= 11 is 0. The summed E-state index contributed by atoms with van der Waals surface area (Å²) in [7, 11) is 0. The van der Waals surface area contributed by atoms with Gasteiger partial charge in [-0.1, -0.05) is 0 Å². The van der Waals surface area contributed by atoms with Crippen LogP contribution >= 0.6 is 0 Å². The first kappa shape index (κ1) is 11.3. The molecule has 0 aliphatic rings. The molecule has 0 atom stereocenters. The second-order valence-corrected chi connectivity index (χ2v) is 3.33. The molecule has 0 bridgehead atoms. The lowest BCUT2D eigenvalue weighted by Crippen LogP contribution is -2.06. The molecule has 0 fully saturated rings. The maximum absolute atomic E-state index is 11.3. The second-order valence-electron chi connectivity index (χ2n) is 3.33. The van der Waals surface area contributed by atoms with Gasteiger partial charge in [0.2, 0.25) is 0 Å². The summed E-state index contributed by atoms with van der Waals surface area (Å²) in [5.41, 5.74) is 1.55. The minimum absolute atomic E-state index is 0.0729. The predicted molar refractivity (Wildman–Crippen MR) is 58.2 cm³/mol. The molecule has 0 N–H and O–H groups in total. The highest BCUT2D eigenvalue weighted by atomic mass is 16.5. The summed E-state index contributed by atoms with van der Waals surface area (Å²) < 4.78 is 9.75. The summed E-state index contributed by atoms with van der Waals surface area (Å²) in [4.78, 5) is 19.4. The third kappa shape index (κ3) is 2.47. The third-order valence-electron chi connectivity index (χ3n) is 2.03. The van der Waals surface area contributed by atoms with E-state index in [1.165, 1.54) is 0 Å². The molecule has 2 aromatic rings. The van der Waals surface area contributed by atoms with E-state index in [9.17, 15) is 4.79 Å². The lowest BCUT2D eigenvalue weighted by atomic mass is 10.2. The molecule has 2 heterocycles. The molecule has 17 heavy (non-hydrogen) atoms. The molecule has 0 saturated carbocycles. The fourth-order valence-corrected chi connectivity index (χ4v) is 1.30. The lowest BCUT2D eigenvalue weighted by molar-refractivity contribution is 0.0508. The number of aryl methyl sites for hydroxylation is 1. The average Bonchev–Trinajstić information content (AvgIpc) is 2.78. The third-order valence-corrected chi connectivity index (χ3v) is 2.03. The number of hydrogen-bond acceptors (Lipinski definition) is 6. The van der Waals surface area contributed by atoms with Gasteiger partial charge in [0.25, 0.3) is 11.7 Å². The van der Waals surface area contributed by atoms with E-state index in [0.717, 1.165) is 11.3 Å². The lowest BCUT2D eigenvalue weighted by Gasteiger charge is -1.95. The van der Waals surface area contributed by atoms with E-state index in [1.807, 2.05) is 6.92 Å². The van der Waals surface area contributed by atoms with Crippen LogP contribution in [0.2, 0.25) is 0 Å². The molecule has 0 radical (unpaired) electrons. The van der Waals surface area contributed by atoms with E-state index in [4.69, 9.17) is 9.26 Å². The first-order valence-corrected chi connectivity index (χ1v) is 5.14. The Morgan fingerprint density at radius 1 is 1.53 bits per heavy atom. The fourth-order valence-electron chi connectivity index (χ4n) is 1.30. The minimum atomic E-state index is -0.590. The second kappa shape index (κ2) is 4.73. The summed E-state index contributed by atoms with van der Waals surface area (Å²) in [6.07, 6.45) is 1.64. The average molecular weight is 233 g/mol. The van der Waals surface area contributed by atoms with Crippen LogP contribution in [0.3, 0.4) is 0 Å². The van der Waals surface area contributed by atoms with Crippen molar-refractivity contribution in [3.8, 4) is 11.5 Å². The molecule has 0 unspecified atom stereocenters. The van der Waals surface area contributed by atoms with Gasteiger partial charge in [-0.15, -0.1) is 0 Å². The Balaban J connectivity index is 2.27. The number of ether oxygens (including phenoxy) is 1. The number of carbonyl (C=O) groups excluding carboxylic acids is 1. The van der Waals surface area contributed by atoms with Gasteiger partial charge >= 0.3 is 5.97 Å². The number of carbonyl (C=O) groups is 1. The molecule has 6 heteroatoms. The molecule has 6 nitrogen and oxygen atoms in total. The molecule has 0 aliphatic heterocycles. The van der Waals surface area contributed by atoms with Crippen molar-refractivity contribution in [2.24, 2.45) is 0 Å². The van der Waals surface area contributed by atoms with Gasteiger partial charge in [-0.2, -0.15) is 4.98 Å². The number of rotatable bonds is 3. The van der Waals surface area contributed by atoms with E-state index in [0.29, 0.717) is 0 Å². The summed E-state index contributed by atoms with van der Waals surface area (Å²) in [6.45, 7) is 3.84. The number of nitrogens with zero attached hydrogens (tertiary/aromatic N) is 3. The van der Waals surface area contributed by atoms with Crippen molar-refractivity contribution < 1.29 is 14.1 Å². The highest BCUT2D eigenvalue weighted by Gasteiger charge is 2.16. The first-order valence-electron chi connectivity index (χ1n) is 5.14. The molecular weight excluding hydrogens is 222 g/mol. The Labute approximate surface area is 97.6 Å². The van der Waals surface area contributed by atoms with E-state index in [2.05, 4.69) is 15.1 Å². The molecule has 0 amide bonds. The van der Waals surface area contributed by atoms with Crippen molar-refractivity contribution in [2.45, 2.75) is 13.8 Å². The molecule has 0 saturated heterocycles. The van der Waals surface area contributed by atoms with Crippen LogP contribution in [-0.4, -0.2) is 27.7 Å². The SMILES string of the molecule is CCOC(=O)c1noc(-c2ccnc(C)c2)n1. The molecule has 2 aromatic heterocycles. The Morgan fingerprint density at radius 3 is 3.06 bits per heavy atom. The minimum Gasteiger partial charge on any atom is -0.460 e. The van der Waals surface area contributed by atoms with Crippen molar-refractivity contribution in [2.75, 3.05) is 6.61 Å². The Morgan fingerprint density at radius 2 is 2.35 bits per heavy atom. The highest BCUT2D eigenvalue weighted by molar-refractivity contribution is 5.85. The summed E-state index contributed by atoms with van der Waals surface area (Å²) in [6, 6.07) is 3.53. The van der Waals surface area contributed by atoms with Crippen LogP contribution in [0.1, 0.15) is 23.2 Å². The van der Waals surface area contributed by atoms with Crippen molar-refractivity contribution in [3.63, 3.8) is 0 Å². The molecule has 0 aromatic carbocycles. The Kier molecular flexibility index (Phi) is 3.13. The number of esters is 1. The van der Waals surface area contributed by atoms with Gasteiger partial charge in [0.1, 0.15) is 0 Å². The fraction of sp³-hybridized carbons (Fsp3) is 0.273. The highest BCUT2D eigenvalue weighted by Crippen LogP contribution is 2.17. The van der Waals surface area contributed by atoms with Crippen molar-refractivity contribution in [1.82, 2.24) is 15.1 Å².